The molecular weight excluding hydrogens is 304 g/mol. The second-order valence-electron chi connectivity index (χ2n) is 5.24. The van der Waals surface area contributed by atoms with Crippen LogP contribution in [-0.2, 0) is 0 Å². The van der Waals surface area contributed by atoms with E-state index in [4.69, 9.17) is 0 Å². The van der Waals surface area contributed by atoms with Gasteiger partial charge < -0.3 is 15.3 Å². The fourth-order valence-electron chi connectivity index (χ4n) is 2.79. The predicted molar refractivity (Wildman–Crippen MR) is 83.7 cm³/mol. The molecule has 2 rings (SSSR count). The van der Waals surface area contributed by atoms with E-state index < -0.39 is 0 Å². The molecule has 0 amide bonds. The van der Waals surface area contributed by atoms with Crippen molar-refractivity contribution in [2.75, 3.05) is 25.1 Å². The van der Waals surface area contributed by atoms with Gasteiger partial charge in [0.15, 0.2) is 0 Å². The van der Waals surface area contributed by atoms with Crippen molar-refractivity contribution >= 4 is 21.6 Å². The molecule has 1 heterocycles. The smallest absolute Gasteiger partial charge is 0.0635 e. The largest absolute Gasteiger partial charge is 0.394 e. The van der Waals surface area contributed by atoms with E-state index in [1.807, 2.05) is 7.05 Å². The molecule has 1 aliphatic heterocycles. The van der Waals surface area contributed by atoms with Gasteiger partial charge >= 0.3 is 0 Å². The lowest BCUT2D eigenvalue weighted by Gasteiger charge is -2.38. The maximum Gasteiger partial charge on any atom is 0.0635 e. The zero-order chi connectivity index (χ0) is 13.8. The highest BCUT2D eigenvalue weighted by atomic mass is 79.9. The maximum absolute atomic E-state index is 9.61. The highest BCUT2D eigenvalue weighted by Crippen LogP contribution is 2.33. The van der Waals surface area contributed by atoms with Crippen molar-refractivity contribution in [2.24, 2.45) is 0 Å². The van der Waals surface area contributed by atoms with Crippen LogP contribution in [0.25, 0.3) is 0 Å². The number of hydrogen-bond donors (Lipinski definition) is 2. The number of halogens is 1. The molecule has 0 radical (unpaired) electrons. The number of benzene rings is 1. The van der Waals surface area contributed by atoms with E-state index in [-0.39, 0.29) is 12.6 Å². The van der Waals surface area contributed by atoms with E-state index in [2.05, 4.69) is 51.3 Å². The van der Waals surface area contributed by atoms with Gasteiger partial charge in [-0.25, -0.2) is 0 Å². The Morgan fingerprint density at radius 3 is 2.95 bits per heavy atom. The predicted octanol–water partition coefficient (Wildman–Crippen LogP) is 3.08. The third-order valence-electron chi connectivity index (χ3n) is 4.04. The Hall–Kier alpha value is -0.580. The molecule has 0 spiro atoms. The normalized spacial score (nSPS) is 21.5. The van der Waals surface area contributed by atoms with Crippen LogP contribution in [0, 0.1) is 0 Å². The summed E-state index contributed by atoms with van der Waals surface area (Å²) in [5, 5.41) is 12.9. The topological polar surface area (TPSA) is 35.5 Å². The molecule has 19 heavy (non-hydrogen) atoms. The summed E-state index contributed by atoms with van der Waals surface area (Å²) in [5.74, 6) is 0. The number of rotatable bonds is 4. The second kappa shape index (κ2) is 6.73. The van der Waals surface area contributed by atoms with Crippen molar-refractivity contribution < 1.29 is 5.11 Å². The van der Waals surface area contributed by atoms with Crippen LogP contribution in [0.3, 0.4) is 0 Å². The third-order valence-corrected chi connectivity index (χ3v) is 4.53. The molecule has 2 N–H and O–H groups in total. The van der Waals surface area contributed by atoms with Crippen molar-refractivity contribution in [1.29, 1.82) is 0 Å². The average Bonchev–Trinajstić information content (AvgIpc) is 2.46. The van der Waals surface area contributed by atoms with E-state index in [0.717, 1.165) is 17.4 Å². The van der Waals surface area contributed by atoms with Crippen LogP contribution in [0.15, 0.2) is 22.7 Å². The number of piperidine rings is 1. The fraction of sp³-hybridized carbons (Fsp3) is 0.600. The summed E-state index contributed by atoms with van der Waals surface area (Å²) in [5.41, 5.74) is 2.54. The molecule has 1 saturated heterocycles. The molecule has 2 atom stereocenters. The molecule has 1 aliphatic rings. The average molecular weight is 327 g/mol. The Balaban J connectivity index is 2.37. The van der Waals surface area contributed by atoms with Crippen LogP contribution >= 0.6 is 15.9 Å². The molecule has 3 nitrogen and oxygen atoms in total. The zero-order valence-electron chi connectivity index (χ0n) is 11.7. The molecule has 0 aliphatic carbocycles. The first kappa shape index (κ1) is 14.8. The van der Waals surface area contributed by atoms with Gasteiger partial charge in [-0.05, 0) is 50.9 Å². The van der Waals surface area contributed by atoms with E-state index in [0.29, 0.717) is 6.04 Å². The molecule has 1 aromatic carbocycles. The van der Waals surface area contributed by atoms with Crippen molar-refractivity contribution in [3.63, 3.8) is 0 Å². The monoisotopic (exact) mass is 326 g/mol. The van der Waals surface area contributed by atoms with Gasteiger partial charge in [0.2, 0.25) is 0 Å². The van der Waals surface area contributed by atoms with Crippen molar-refractivity contribution in [3.05, 3.63) is 28.2 Å². The molecule has 106 valence electrons. The van der Waals surface area contributed by atoms with E-state index in [9.17, 15) is 5.11 Å². The zero-order valence-corrected chi connectivity index (χ0v) is 13.3. The van der Waals surface area contributed by atoms with Gasteiger partial charge in [0.25, 0.3) is 0 Å². The first-order chi connectivity index (χ1) is 9.17. The lowest BCUT2D eigenvalue weighted by Crippen LogP contribution is -2.42. The minimum atomic E-state index is 0.236. The van der Waals surface area contributed by atoms with E-state index >= 15 is 0 Å². The van der Waals surface area contributed by atoms with Gasteiger partial charge in [-0.3, -0.25) is 0 Å². The molecule has 1 aromatic rings. The standard InChI is InChI=1S/C15H23BrN2O/c1-11(17-2)14-7-6-12(16)9-15(14)18-8-4-3-5-13(18)10-19/h6-7,9,11,13,17,19H,3-5,8,10H2,1-2H3. The third kappa shape index (κ3) is 3.30. The summed E-state index contributed by atoms with van der Waals surface area (Å²) in [7, 11) is 1.98. The summed E-state index contributed by atoms with van der Waals surface area (Å²) in [6.07, 6.45) is 3.50. The maximum atomic E-state index is 9.61. The summed E-state index contributed by atoms with van der Waals surface area (Å²) < 4.78 is 1.09. The number of aliphatic hydroxyl groups is 1. The van der Waals surface area contributed by atoms with Crippen molar-refractivity contribution in [1.82, 2.24) is 5.32 Å². The van der Waals surface area contributed by atoms with Crippen molar-refractivity contribution in [2.45, 2.75) is 38.3 Å². The highest BCUT2D eigenvalue weighted by Gasteiger charge is 2.25. The molecule has 1 fully saturated rings. The number of aliphatic hydroxyl groups excluding tert-OH is 1. The quantitative estimate of drug-likeness (QED) is 0.892. The van der Waals surface area contributed by atoms with Crippen LogP contribution in [-0.4, -0.2) is 31.3 Å². The lowest BCUT2D eigenvalue weighted by molar-refractivity contribution is 0.240. The second-order valence-corrected chi connectivity index (χ2v) is 6.15. The van der Waals surface area contributed by atoms with E-state index in [1.54, 1.807) is 0 Å². The molecule has 0 aromatic heterocycles. The minimum absolute atomic E-state index is 0.236. The van der Waals surface area contributed by atoms with Crippen LogP contribution in [0.1, 0.15) is 37.8 Å². The van der Waals surface area contributed by atoms with Gasteiger partial charge in [-0.15, -0.1) is 0 Å². The molecular formula is C15H23BrN2O. The molecule has 0 bridgehead atoms. The SMILES string of the molecule is CNC(C)c1ccc(Br)cc1N1CCCCC1CO. The lowest BCUT2D eigenvalue weighted by atomic mass is 9.98. The van der Waals surface area contributed by atoms with Crippen LogP contribution in [0.2, 0.25) is 0 Å². The summed E-state index contributed by atoms with van der Waals surface area (Å²) >= 11 is 3.57. The highest BCUT2D eigenvalue weighted by molar-refractivity contribution is 9.10. The van der Waals surface area contributed by atoms with Gasteiger partial charge in [-0.1, -0.05) is 22.0 Å². The Morgan fingerprint density at radius 1 is 1.47 bits per heavy atom. The number of anilines is 1. The van der Waals surface area contributed by atoms with Gasteiger partial charge in [0.05, 0.1) is 12.6 Å². The minimum Gasteiger partial charge on any atom is -0.394 e. The summed E-state index contributed by atoms with van der Waals surface area (Å²) in [6.45, 7) is 3.44. The van der Waals surface area contributed by atoms with Gasteiger partial charge in [-0.2, -0.15) is 0 Å². The Morgan fingerprint density at radius 2 is 2.26 bits per heavy atom. The Labute approximate surface area is 124 Å². The van der Waals surface area contributed by atoms with Crippen LogP contribution < -0.4 is 10.2 Å². The number of nitrogens with one attached hydrogen (secondary N) is 1. The Kier molecular flexibility index (Phi) is 5.25. The Bertz CT molecular complexity index is 425. The fourth-order valence-corrected chi connectivity index (χ4v) is 3.14. The summed E-state index contributed by atoms with van der Waals surface area (Å²) in [4.78, 5) is 2.37. The van der Waals surface area contributed by atoms with Crippen LogP contribution in [0.4, 0.5) is 5.69 Å². The first-order valence-electron chi connectivity index (χ1n) is 7.01. The first-order valence-corrected chi connectivity index (χ1v) is 7.81. The number of hydrogen-bond acceptors (Lipinski definition) is 3. The van der Waals surface area contributed by atoms with Crippen molar-refractivity contribution in [3.8, 4) is 0 Å². The van der Waals surface area contributed by atoms with Gasteiger partial charge in [0, 0.05) is 22.7 Å². The molecule has 2 unspecified atom stereocenters. The number of nitrogens with zero attached hydrogens (tertiary/aromatic N) is 1. The molecule has 0 saturated carbocycles. The van der Waals surface area contributed by atoms with Gasteiger partial charge in [0.1, 0.15) is 0 Å². The molecule has 4 heteroatoms. The summed E-state index contributed by atoms with van der Waals surface area (Å²) in [6, 6.07) is 7.00. The van der Waals surface area contributed by atoms with Crippen LogP contribution in [0.5, 0.6) is 0 Å². The van der Waals surface area contributed by atoms with E-state index in [1.165, 1.54) is 24.1 Å².